The van der Waals surface area contributed by atoms with Gasteiger partial charge in [0.2, 0.25) is 0 Å². The third-order valence-electron chi connectivity index (χ3n) is 2.56. The van der Waals surface area contributed by atoms with E-state index in [0.717, 1.165) is 13.1 Å². The molecule has 0 atom stereocenters. The fourth-order valence-corrected chi connectivity index (χ4v) is 3.05. The first kappa shape index (κ1) is 10.5. The Labute approximate surface area is 94.4 Å². The molecule has 0 amide bonds. The Morgan fingerprint density at radius 2 is 2.47 bits per heavy atom. The first-order valence-corrected chi connectivity index (χ1v) is 6.25. The molecular formula is C11H17N3S. The third-order valence-corrected chi connectivity index (χ3v) is 3.78. The zero-order valence-electron chi connectivity index (χ0n) is 9.05. The molecule has 0 aromatic carbocycles. The van der Waals surface area contributed by atoms with Gasteiger partial charge in [0.05, 0.1) is 6.54 Å². The third kappa shape index (κ3) is 2.50. The maximum absolute atomic E-state index is 5.67. The molecule has 1 heterocycles. The Balaban J connectivity index is 1.96. The Bertz CT molecular complexity index is 346. The van der Waals surface area contributed by atoms with E-state index in [9.17, 15) is 0 Å². The Kier molecular flexibility index (Phi) is 3.26. The average molecular weight is 223 g/mol. The summed E-state index contributed by atoms with van der Waals surface area (Å²) in [6, 6.07) is 2.29. The molecule has 1 aromatic rings. The second kappa shape index (κ2) is 4.66. The molecule has 0 saturated heterocycles. The molecule has 0 saturated carbocycles. The summed E-state index contributed by atoms with van der Waals surface area (Å²) in [4.78, 5) is 7.18. The van der Waals surface area contributed by atoms with Crippen LogP contribution in [0.15, 0.2) is 11.1 Å². The molecule has 0 radical (unpaired) electrons. The highest BCUT2D eigenvalue weighted by molar-refractivity contribution is 7.12. The van der Waals surface area contributed by atoms with Gasteiger partial charge in [-0.25, -0.2) is 4.99 Å². The monoisotopic (exact) mass is 223 g/mol. The van der Waals surface area contributed by atoms with Crippen LogP contribution in [0.5, 0.6) is 0 Å². The minimum atomic E-state index is 0.547. The number of aryl methyl sites for hydroxylation is 2. The number of fused-ring (bicyclic) bond motifs is 1. The number of thiophene rings is 1. The molecule has 2 rings (SSSR count). The minimum absolute atomic E-state index is 0.547. The lowest BCUT2D eigenvalue weighted by atomic mass is 10.2. The first-order chi connectivity index (χ1) is 7.29. The van der Waals surface area contributed by atoms with E-state index in [1.165, 1.54) is 29.7 Å². The normalized spacial score (nSPS) is 15.4. The highest BCUT2D eigenvalue weighted by Gasteiger charge is 2.14. The summed E-state index contributed by atoms with van der Waals surface area (Å²) in [5.41, 5.74) is 7.20. The fraction of sp³-hybridized carbons (Fsp3) is 0.545. The van der Waals surface area contributed by atoms with Crippen molar-refractivity contribution in [2.24, 2.45) is 10.7 Å². The lowest BCUT2D eigenvalue weighted by Crippen LogP contribution is -2.31. The van der Waals surface area contributed by atoms with Crippen molar-refractivity contribution in [3.8, 4) is 0 Å². The predicted octanol–water partition coefficient (Wildman–Crippen LogP) is 1.66. The number of nitrogens with two attached hydrogens (primary N) is 1. The SMILES string of the molecule is CCNC(N)=NCc1cc2c(s1)CCC2. The van der Waals surface area contributed by atoms with Gasteiger partial charge in [0.25, 0.3) is 0 Å². The van der Waals surface area contributed by atoms with E-state index in [4.69, 9.17) is 5.73 Å². The molecule has 1 aromatic heterocycles. The molecule has 3 N–H and O–H groups in total. The van der Waals surface area contributed by atoms with E-state index < -0.39 is 0 Å². The van der Waals surface area contributed by atoms with Crippen LogP contribution in [0, 0.1) is 0 Å². The smallest absolute Gasteiger partial charge is 0.188 e. The average Bonchev–Trinajstić information content (AvgIpc) is 2.74. The largest absolute Gasteiger partial charge is 0.370 e. The maximum atomic E-state index is 5.67. The van der Waals surface area contributed by atoms with Crippen molar-refractivity contribution in [2.75, 3.05) is 6.54 Å². The maximum Gasteiger partial charge on any atom is 0.188 e. The molecule has 4 heteroatoms. The molecule has 0 bridgehead atoms. The predicted molar refractivity (Wildman–Crippen MR) is 65.3 cm³/mol. The highest BCUT2D eigenvalue weighted by Crippen LogP contribution is 2.30. The summed E-state index contributed by atoms with van der Waals surface area (Å²) in [5, 5.41) is 3.00. The van der Waals surface area contributed by atoms with E-state index in [-0.39, 0.29) is 0 Å². The van der Waals surface area contributed by atoms with Crippen LogP contribution in [0.2, 0.25) is 0 Å². The Morgan fingerprint density at radius 3 is 3.20 bits per heavy atom. The van der Waals surface area contributed by atoms with Gasteiger partial charge < -0.3 is 11.1 Å². The first-order valence-electron chi connectivity index (χ1n) is 5.44. The zero-order valence-corrected chi connectivity index (χ0v) is 9.86. The summed E-state index contributed by atoms with van der Waals surface area (Å²) < 4.78 is 0. The highest BCUT2D eigenvalue weighted by atomic mass is 32.1. The number of nitrogens with zero attached hydrogens (tertiary/aromatic N) is 1. The van der Waals surface area contributed by atoms with Crippen LogP contribution in [-0.2, 0) is 19.4 Å². The van der Waals surface area contributed by atoms with Crippen LogP contribution in [0.1, 0.15) is 28.7 Å². The van der Waals surface area contributed by atoms with E-state index in [2.05, 4.69) is 16.4 Å². The van der Waals surface area contributed by atoms with Gasteiger partial charge in [-0.15, -0.1) is 11.3 Å². The number of rotatable bonds is 3. The Hall–Kier alpha value is -1.03. The number of aliphatic imine (C=N–C) groups is 1. The molecule has 0 aliphatic heterocycles. The minimum Gasteiger partial charge on any atom is -0.370 e. The van der Waals surface area contributed by atoms with Gasteiger partial charge in [-0.3, -0.25) is 0 Å². The molecule has 3 nitrogen and oxygen atoms in total. The van der Waals surface area contributed by atoms with Crippen molar-refractivity contribution in [1.29, 1.82) is 0 Å². The van der Waals surface area contributed by atoms with Crippen LogP contribution < -0.4 is 11.1 Å². The van der Waals surface area contributed by atoms with Gasteiger partial charge in [-0.05, 0) is 37.8 Å². The van der Waals surface area contributed by atoms with Gasteiger partial charge in [-0.1, -0.05) is 0 Å². The topological polar surface area (TPSA) is 50.4 Å². The van der Waals surface area contributed by atoms with Gasteiger partial charge >= 0.3 is 0 Å². The lowest BCUT2D eigenvalue weighted by Gasteiger charge is -2.00. The molecule has 1 aliphatic rings. The number of hydrogen-bond acceptors (Lipinski definition) is 2. The second-order valence-corrected chi connectivity index (χ2v) is 4.97. The standard InChI is InChI=1S/C11H17N3S/c1-2-13-11(12)14-7-9-6-8-4-3-5-10(8)15-9/h6H,2-5,7H2,1H3,(H3,12,13,14). The van der Waals surface area contributed by atoms with Gasteiger partial charge in [0, 0.05) is 16.3 Å². The van der Waals surface area contributed by atoms with Crippen molar-refractivity contribution in [2.45, 2.75) is 32.7 Å². The van der Waals surface area contributed by atoms with Crippen molar-refractivity contribution >= 4 is 17.3 Å². The summed E-state index contributed by atoms with van der Waals surface area (Å²) >= 11 is 1.89. The second-order valence-electron chi connectivity index (χ2n) is 3.75. The van der Waals surface area contributed by atoms with Gasteiger partial charge in [-0.2, -0.15) is 0 Å². The quantitative estimate of drug-likeness (QED) is 0.605. The summed E-state index contributed by atoms with van der Waals surface area (Å²) in [5.74, 6) is 0.547. The molecule has 0 fully saturated rings. The molecule has 1 aliphatic carbocycles. The van der Waals surface area contributed by atoms with Crippen molar-refractivity contribution in [3.63, 3.8) is 0 Å². The number of hydrogen-bond donors (Lipinski definition) is 2. The van der Waals surface area contributed by atoms with Gasteiger partial charge in [0.1, 0.15) is 0 Å². The lowest BCUT2D eigenvalue weighted by molar-refractivity contribution is 0.910. The van der Waals surface area contributed by atoms with Crippen LogP contribution in [0.3, 0.4) is 0 Å². The van der Waals surface area contributed by atoms with Crippen molar-refractivity contribution in [1.82, 2.24) is 5.32 Å². The summed E-state index contributed by atoms with van der Waals surface area (Å²) in [6.07, 6.45) is 3.83. The zero-order chi connectivity index (χ0) is 10.7. The van der Waals surface area contributed by atoms with E-state index in [1.807, 2.05) is 18.3 Å². The van der Waals surface area contributed by atoms with Crippen LogP contribution >= 0.6 is 11.3 Å². The summed E-state index contributed by atoms with van der Waals surface area (Å²) in [6.45, 7) is 3.56. The van der Waals surface area contributed by atoms with Gasteiger partial charge in [0.15, 0.2) is 5.96 Å². The molecule has 15 heavy (non-hydrogen) atoms. The number of nitrogens with one attached hydrogen (secondary N) is 1. The molecule has 0 spiro atoms. The molecule has 82 valence electrons. The molecular weight excluding hydrogens is 206 g/mol. The van der Waals surface area contributed by atoms with Crippen molar-refractivity contribution in [3.05, 3.63) is 21.4 Å². The van der Waals surface area contributed by atoms with E-state index in [1.54, 1.807) is 4.88 Å². The summed E-state index contributed by atoms with van der Waals surface area (Å²) in [7, 11) is 0. The Morgan fingerprint density at radius 1 is 1.60 bits per heavy atom. The van der Waals surface area contributed by atoms with E-state index in [0.29, 0.717) is 5.96 Å². The molecule has 0 unspecified atom stereocenters. The number of guanidine groups is 1. The van der Waals surface area contributed by atoms with Crippen LogP contribution in [0.4, 0.5) is 0 Å². The van der Waals surface area contributed by atoms with E-state index >= 15 is 0 Å². The fourth-order valence-electron chi connectivity index (χ4n) is 1.87. The van der Waals surface area contributed by atoms with Crippen LogP contribution in [0.25, 0.3) is 0 Å². The van der Waals surface area contributed by atoms with Crippen LogP contribution in [-0.4, -0.2) is 12.5 Å². The van der Waals surface area contributed by atoms with Crippen molar-refractivity contribution < 1.29 is 0 Å².